The van der Waals surface area contributed by atoms with Gasteiger partial charge in [0.25, 0.3) is 5.91 Å². The van der Waals surface area contributed by atoms with E-state index >= 15 is 0 Å². The predicted octanol–water partition coefficient (Wildman–Crippen LogP) is 4.75. The van der Waals surface area contributed by atoms with E-state index < -0.39 is 0 Å². The average Bonchev–Trinajstić information content (AvgIpc) is 2.42. The van der Waals surface area contributed by atoms with Gasteiger partial charge in [-0.25, -0.2) is 0 Å². The molecule has 19 heavy (non-hydrogen) atoms. The summed E-state index contributed by atoms with van der Waals surface area (Å²) in [5, 5.41) is 3.73. The Morgan fingerprint density at radius 2 is 1.89 bits per heavy atom. The van der Waals surface area contributed by atoms with Gasteiger partial charge in [0, 0.05) is 20.2 Å². The Morgan fingerprint density at radius 1 is 1.21 bits per heavy atom. The predicted molar refractivity (Wildman–Crippen MR) is 90.9 cm³/mol. The summed E-state index contributed by atoms with van der Waals surface area (Å²) in [5.74, 6) is -0.0783. The Labute approximate surface area is 134 Å². The molecule has 2 nitrogen and oxygen atoms in total. The second-order valence-corrected chi connectivity index (χ2v) is 6.05. The molecule has 0 aliphatic rings. The minimum absolute atomic E-state index is 0.0783. The molecule has 0 bridgehead atoms. The number of carbonyl (C=O) groups excluding carboxylic acids is 1. The molecule has 0 aliphatic heterocycles. The third-order valence-electron chi connectivity index (χ3n) is 2.81. The van der Waals surface area contributed by atoms with E-state index in [0.717, 1.165) is 25.7 Å². The molecule has 0 heterocycles. The van der Waals surface area contributed by atoms with E-state index in [4.69, 9.17) is 0 Å². The summed E-state index contributed by atoms with van der Waals surface area (Å²) in [4.78, 5) is 12.1. The minimum atomic E-state index is -0.0783. The molecular weight excluding hydrogens is 417 g/mol. The summed E-state index contributed by atoms with van der Waals surface area (Å²) in [6, 6.07) is 13.5. The van der Waals surface area contributed by atoms with E-state index in [-0.39, 0.29) is 5.91 Å². The average molecular weight is 430 g/mol. The van der Waals surface area contributed by atoms with E-state index in [1.165, 1.54) is 0 Å². The van der Waals surface area contributed by atoms with Crippen LogP contribution in [0.2, 0.25) is 0 Å². The molecule has 2 aromatic rings. The summed E-state index contributed by atoms with van der Waals surface area (Å²) in [7, 11) is 0. The van der Waals surface area contributed by atoms with Gasteiger partial charge in [0.2, 0.25) is 0 Å². The Bertz CT molecular complexity index is 596. The molecule has 0 unspecified atom stereocenters. The molecule has 0 spiro atoms. The zero-order valence-corrected chi connectivity index (χ0v) is 14.2. The maximum absolute atomic E-state index is 12.1. The summed E-state index contributed by atoms with van der Waals surface area (Å²) in [5.41, 5.74) is 3.75. The number of anilines is 1. The number of hydrogen-bond donors (Lipinski definition) is 1. The SMILES string of the molecule is Cc1cc(I)ccc1NC(=O)c1ccc(CBr)cc1. The van der Waals surface area contributed by atoms with Crippen LogP contribution in [-0.2, 0) is 5.33 Å². The first-order chi connectivity index (χ1) is 9.10. The van der Waals surface area contributed by atoms with Gasteiger partial charge in [0.05, 0.1) is 0 Å². The number of hydrogen-bond acceptors (Lipinski definition) is 1. The van der Waals surface area contributed by atoms with Crippen LogP contribution in [0.4, 0.5) is 5.69 Å². The lowest BCUT2D eigenvalue weighted by molar-refractivity contribution is 0.102. The van der Waals surface area contributed by atoms with Gasteiger partial charge in [0.15, 0.2) is 0 Å². The number of aryl methyl sites for hydroxylation is 1. The molecule has 0 radical (unpaired) electrons. The molecule has 1 amide bonds. The summed E-state index contributed by atoms with van der Waals surface area (Å²) in [6.45, 7) is 1.99. The van der Waals surface area contributed by atoms with Crippen molar-refractivity contribution in [1.82, 2.24) is 0 Å². The van der Waals surface area contributed by atoms with E-state index in [9.17, 15) is 4.79 Å². The van der Waals surface area contributed by atoms with Crippen LogP contribution in [0.3, 0.4) is 0 Å². The molecule has 0 aromatic heterocycles. The van der Waals surface area contributed by atoms with Gasteiger partial charge in [0.1, 0.15) is 0 Å². The molecular formula is C15H13BrINO. The third-order valence-corrected chi connectivity index (χ3v) is 4.13. The topological polar surface area (TPSA) is 29.1 Å². The standard InChI is InChI=1S/C15H13BrINO/c1-10-8-13(17)6-7-14(10)18-15(19)12-4-2-11(9-16)3-5-12/h2-8H,9H2,1H3,(H,18,19). The lowest BCUT2D eigenvalue weighted by atomic mass is 10.1. The van der Waals surface area contributed by atoms with Gasteiger partial charge in [-0.3, -0.25) is 4.79 Å². The molecule has 4 heteroatoms. The first kappa shape index (κ1) is 14.5. The fourth-order valence-corrected chi connectivity index (χ4v) is 2.73. The monoisotopic (exact) mass is 429 g/mol. The number of benzene rings is 2. The van der Waals surface area contributed by atoms with Crippen LogP contribution < -0.4 is 5.32 Å². The van der Waals surface area contributed by atoms with Crippen LogP contribution in [-0.4, -0.2) is 5.91 Å². The Morgan fingerprint density at radius 3 is 2.47 bits per heavy atom. The molecule has 0 aliphatic carbocycles. The van der Waals surface area contributed by atoms with Crippen LogP contribution in [0, 0.1) is 10.5 Å². The fourth-order valence-electron chi connectivity index (χ4n) is 1.71. The number of alkyl halides is 1. The van der Waals surface area contributed by atoms with Crippen LogP contribution in [0.1, 0.15) is 21.5 Å². The fraction of sp³-hybridized carbons (Fsp3) is 0.133. The molecule has 0 fully saturated rings. The highest BCUT2D eigenvalue weighted by Gasteiger charge is 2.07. The maximum Gasteiger partial charge on any atom is 0.255 e. The molecule has 0 atom stereocenters. The van der Waals surface area contributed by atoms with Gasteiger partial charge in [-0.1, -0.05) is 28.1 Å². The van der Waals surface area contributed by atoms with Crippen molar-refractivity contribution in [3.63, 3.8) is 0 Å². The lowest BCUT2D eigenvalue weighted by Gasteiger charge is -2.09. The van der Waals surface area contributed by atoms with E-state index in [2.05, 4.69) is 43.8 Å². The molecule has 0 saturated carbocycles. The largest absolute Gasteiger partial charge is 0.322 e. The molecule has 2 aromatic carbocycles. The van der Waals surface area contributed by atoms with E-state index in [1.807, 2.05) is 49.4 Å². The normalized spacial score (nSPS) is 10.3. The van der Waals surface area contributed by atoms with Gasteiger partial charge in [-0.05, 0) is 71.0 Å². The van der Waals surface area contributed by atoms with Gasteiger partial charge in [-0.15, -0.1) is 0 Å². The van der Waals surface area contributed by atoms with E-state index in [1.54, 1.807) is 0 Å². The number of carbonyl (C=O) groups is 1. The minimum Gasteiger partial charge on any atom is -0.322 e. The van der Waals surface area contributed by atoms with Crippen molar-refractivity contribution in [2.45, 2.75) is 12.3 Å². The lowest BCUT2D eigenvalue weighted by Crippen LogP contribution is -2.12. The van der Waals surface area contributed by atoms with Gasteiger partial charge in [-0.2, -0.15) is 0 Å². The van der Waals surface area contributed by atoms with Crippen LogP contribution in [0.5, 0.6) is 0 Å². The van der Waals surface area contributed by atoms with Crippen LogP contribution in [0.25, 0.3) is 0 Å². The maximum atomic E-state index is 12.1. The van der Waals surface area contributed by atoms with Crippen LogP contribution >= 0.6 is 38.5 Å². The second kappa shape index (κ2) is 6.52. The van der Waals surface area contributed by atoms with Crippen molar-refractivity contribution in [3.8, 4) is 0 Å². The van der Waals surface area contributed by atoms with Gasteiger partial charge >= 0.3 is 0 Å². The van der Waals surface area contributed by atoms with Crippen molar-refractivity contribution in [2.75, 3.05) is 5.32 Å². The number of amides is 1. The number of rotatable bonds is 3. The van der Waals surface area contributed by atoms with E-state index in [0.29, 0.717) is 5.56 Å². The Balaban J connectivity index is 2.15. The highest BCUT2D eigenvalue weighted by Crippen LogP contribution is 2.18. The van der Waals surface area contributed by atoms with Crippen molar-refractivity contribution in [1.29, 1.82) is 0 Å². The highest BCUT2D eigenvalue weighted by molar-refractivity contribution is 14.1. The van der Waals surface area contributed by atoms with Crippen LogP contribution in [0.15, 0.2) is 42.5 Å². The van der Waals surface area contributed by atoms with Crippen molar-refractivity contribution < 1.29 is 4.79 Å². The molecule has 2 rings (SSSR count). The van der Waals surface area contributed by atoms with Crippen molar-refractivity contribution in [3.05, 3.63) is 62.7 Å². The number of nitrogens with one attached hydrogen (secondary N) is 1. The van der Waals surface area contributed by atoms with Gasteiger partial charge < -0.3 is 5.32 Å². The zero-order valence-electron chi connectivity index (χ0n) is 10.4. The third kappa shape index (κ3) is 3.79. The van der Waals surface area contributed by atoms with Crippen molar-refractivity contribution in [2.24, 2.45) is 0 Å². The first-order valence-electron chi connectivity index (χ1n) is 5.82. The summed E-state index contributed by atoms with van der Waals surface area (Å²) < 4.78 is 1.16. The second-order valence-electron chi connectivity index (χ2n) is 4.24. The Hall–Kier alpha value is -0.880. The first-order valence-corrected chi connectivity index (χ1v) is 8.02. The molecule has 0 saturated heterocycles. The summed E-state index contributed by atoms with van der Waals surface area (Å²) in [6.07, 6.45) is 0. The van der Waals surface area contributed by atoms with Crippen molar-refractivity contribution >= 4 is 50.1 Å². The molecule has 1 N–H and O–H groups in total. The highest BCUT2D eigenvalue weighted by atomic mass is 127. The quantitative estimate of drug-likeness (QED) is 0.553. The number of halogens is 2. The summed E-state index contributed by atoms with van der Waals surface area (Å²) >= 11 is 5.65. The molecule has 98 valence electrons. The Kier molecular flexibility index (Phi) is 4.99. The smallest absolute Gasteiger partial charge is 0.255 e. The zero-order chi connectivity index (χ0) is 13.8.